The van der Waals surface area contributed by atoms with Gasteiger partial charge in [-0.25, -0.2) is 9.18 Å². The number of carbonyl (C=O) groups excluding carboxylic acids is 2. The predicted molar refractivity (Wildman–Crippen MR) is 91.1 cm³/mol. The quantitative estimate of drug-likeness (QED) is 0.621. The number of hydrogen-bond acceptors (Lipinski definition) is 4. The summed E-state index contributed by atoms with van der Waals surface area (Å²) < 4.78 is 23.9. The van der Waals surface area contributed by atoms with Crippen molar-refractivity contribution < 1.29 is 23.5 Å². The van der Waals surface area contributed by atoms with Crippen molar-refractivity contribution in [1.29, 1.82) is 0 Å². The number of ether oxygens (including phenoxy) is 2. The number of allylic oxidation sites excluding steroid dienone is 2. The molecule has 0 aromatic heterocycles. The highest BCUT2D eigenvalue weighted by Crippen LogP contribution is 2.43. The summed E-state index contributed by atoms with van der Waals surface area (Å²) in [5.74, 6) is -0.491. The lowest BCUT2D eigenvalue weighted by molar-refractivity contribution is -0.133. The van der Waals surface area contributed by atoms with Gasteiger partial charge in [0.15, 0.2) is 5.78 Å². The Balaban J connectivity index is 1.82. The van der Waals surface area contributed by atoms with Crippen LogP contribution < -0.4 is 0 Å². The summed E-state index contributed by atoms with van der Waals surface area (Å²) in [6.45, 7) is 2.53. The molecule has 3 atom stereocenters. The topological polar surface area (TPSA) is 52.6 Å². The van der Waals surface area contributed by atoms with E-state index in [9.17, 15) is 14.0 Å². The van der Waals surface area contributed by atoms with Gasteiger partial charge in [0, 0.05) is 12.3 Å². The first-order valence-corrected chi connectivity index (χ1v) is 8.33. The first kappa shape index (κ1) is 17.5. The molecule has 132 valence electrons. The summed E-state index contributed by atoms with van der Waals surface area (Å²) in [4.78, 5) is 23.9. The number of fused-ring (bicyclic) bond motifs is 1. The second-order valence-corrected chi connectivity index (χ2v) is 6.72. The van der Waals surface area contributed by atoms with Crippen LogP contribution in [0.1, 0.15) is 25.3 Å². The maximum atomic E-state index is 13.1. The van der Waals surface area contributed by atoms with Gasteiger partial charge in [0.2, 0.25) is 0 Å². The standard InChI is InChI=1S/C20H21FO4/c1-20-10-9-16(22)11-18(20)14(12-25-20)5-8-17(19(23)24-2)13-3-6-15(21)7-4-13/h3-4,6-10,14,18H,5,11-12H2,1-2H3/b17-8-. The smallest absolute Gasteiger partial charge is 0.338 e. The highest BCUT2D eigenvalue weighted by molar-refractivity contribution is 6.16. The van der Waals surface area contributed by atoms with Crippen molar-refractivity contribution in [3.8, 4) is 0 Å². The minimum absolute atomic E-state index is 0.0911. The summed E-state index contributed by atoms with van der Waals surface area (Å²) in [5.41, 5.74) is 0.580. The third kappa shape index (κ3) is 3.56. The molecule has 1 aromatic rings. The minimum atomic E-state index is -0.465. The zero-order chi connectivity index (χ0) is 18.0. The second kappa shape index (κ2) is 6.92. The van der Waals surface area contributed by atoms with Gasteiger partial charge in [0.1, 0.15) is 5.82 Å². The van der Waals surface area contributed by atoms with Crippen LogP contribution in [0.15, 0.2) is 42.5 Å². The number of esters is 1. The van der Waals surface area contributed by atoms with Gasteiger partial charge < -0.3 is 9.47 Å². The molecule has 4 nitrogen and oxygen atoms in total. The Morgan fingerprint density at radius 2 is 2.12 bits per heavy atom. The Kier molecular flexibility index (Phi) is 4.86. The molecule has 0 amide bonds. The maximum Gasteiger partial charge on any atom is 0.338 e. The summed E-state index contributed by atoms with van der Waals surface area (Å²) in [5, 5.41) is 0. The Morgan fingerprint density at radius 1 is 1.40 bits per heavy atom. The van der Waals surface area contributed by atoms with Crippen LogP contribution in [0.25, 0.3) is 5.57 Å². The van der Waals surface area contributed by atoms with Crippen LogP contribution in [0.2, 0.25) is 0 Å². The largest absolute Gasteiger partial charge is 0.465 e. The van der Waals surface area contributed by atoms with Crippen molar-refractivity contribution in [1.82, 2.24) is 0 Å². The molecule has 0 saturated carbocycles. The van der Waals surface area contributed by atoms with Crippen molar-refractivity contribution in [2.45, 2.75) is 25.4 Å². The SMILES string of the molecule is COC(=O)/C(=C\CC1COC2(C)C=CC(=O)CC12)c1ccc(F)cc1. The summed E-state index contributed by atoms with van der Waals surface area (Å²) in [6.07, 6.45) is 6.28. The molecule has 0 N–H and O–H groups in total. The van der Waals surface area contributed by atoms with Crippen molar-refractivity contribution in [3.05, 3.63) is 53.9 Å². The Labute approximate surface area is 146 Å². The molecule has 1 fully saturated rings. The molecule has 3 unspecified atom stereocenters. The third-order valence-electron chi connectivity index (χ3n) is 5.12. The van der Waals surface area contributed by atoms with E-state index in [0.29, 0.717) is 30.6 Å². The molecule has 1 aromatic carbocycles. The average Bonchev–Trinajstić information content (AvgIpc) is 2.93. The number of ketones is 1. The molecule has 2 aliphatic rings. The molecule has 1 aliphatic carbocycles. The van der Waals surface area contributed by atoms with Crippen LogP contribution in [-0.4, -0.2) is 31.1 Å². The van der Waals surface area contributed by atoms with E-state index < -0.39 is 11.6 Å². The van der Waals surface area contributed by atoms with Crippen LogP contribution in [-0.2, 0) is 19.1 Å². The molecule has 0 bridgehead atoms. The van der Waals surface area contributed by atoms with Gasteiger partial charge in [-0.1, -0.05) is 18.2 Å². The van der Waals surface area contributed by atoms with E-state index in [0.717, 1.165) is 0 Å². The van der Waals surface area contributed by atoms with Gasteiger partial charge in [0.25, 0.3) is 0 Å². The van der Waals surface area contributed by atoms with E-state index in [4.69, 9.17) is 9.47 Å². The van der Waals surface area contributed by atoms with Crippen LogP contribution in [0.5, 0.6) is 0 Å². The summed E-state index contributed by atoms with van der Waals surface area (Å²) in [7, 11) is 1.32. The Bertz CT molecular complexity index is 735. The van der Waals surface area contributed by atoms with E-state index in [1.54, 1.807) is 18.2 Å². The molecule has 1 saturated heterocycles. The fourth-order valence-electron chi connectivity index (χ4n) is 3.62. The maximum absolute atomic E-state index is 13.1. The third-order valence-corrected chi connectivity index (χ3v) is 5.12. The van der Waals surface area contributed by atoms with E-state index in [1.807, 2.05) is 19.1 Å². The molecule has 3 rings (SSSR count). The number of carbonyl (C=O) groups is 2. The van der Waals surface area contributed by atoms with Crippen LogP contribution in [0, 0.1) is 17.7 Å². The second-order valence-electron chi connectivity index (χ2n) is 6.72. The normalized spacial score (nSPS) is 28.8. The molecule has 0 radical (unpaired) electrons. The fraction of sp³-hybridized carbons (Fsp3) is 0.400. The predicted octanol–water partition coefficient (Wildman–Crippen LogP) is 3.32. The molecule has 5 heteroatoms. The Morgan fingerprint density at radius 3 is 2.80 bits per heavy atom. The van der Waals surface area contributed by atoms with Gasteiger partial charge >= 0.3 is 5.97 Å². The monoisotopic (exact) mass is 344 g/mol. The molecule has 25 heavy (non-hydrogen) atoms. The van der Waals surface area contributed by atoms with Gasteiger partial charge in [-0.15, -0.1) is 0 Å². The highest BCUT2D eigenvalue weighted by atomic mass is 19.1. The first-order chi connectivity index (χ1) is 11.9. The minimum Gasteiger partial charge on any atom is -0.465 e. The first-order valence-electron chi connectivity index (χ1n) is 8.33. The number of benzene rings is 1. The van der Waals surface area contributed by atoms with E-state index in [1.165, 1.54) is 19.2 Å². The summed E-state index contributed by atoms with van der Waals surface area (Å²) >= 11 is 0. The lowest BCUT2D eigenvalue weighted by atomic mass is 9.74. The number of hydrogen-bond donors (Lipinski definition) is 0. The van der Waals surface area contributed by atoms with Crippen molar-refractivity contribution in [2.24, 2.45) is 11.8 Å². The fourth-order valence-corrected chi connectivity index (χ4v) is 3.62. The molecule has 1 aliphatic heterocycles. The van der Waals surface area contributed by atoms with Gasteiger partial charge in [0.05, 0.1) is 24.9 Å². The Hall–Kier alpha value is -2.27. The van der Waals surface area contributed by atoms with Gasteiger partial charge in [-0.05, 0) is 49.1 Å². The van der Waals surface area contributed by atoms with E-state index >= 15 is 0 Å². The van der Waals surface area contributed by atoms with E-state index in [-0.39, 0.29) is 23.4 Å². The van der Waals surface area contributed by atoms with Gasteiger partial charge in [-0.2, -0.15) is 0 Å². The van der Waals surface area contributed by atoms with Crippen LogP contribution >= 0.6 is 0 Å². The molecule has 1 heterocycles. The van der Waals surface area contributed by atoms with Crippen molar-refractivity contribution in [2.75, 3.05) is 13.7 Å². The van der Waals surface area contributed by atoms with Crippen LogP contribution in [0.4, 0.5) is 4.39 Å². The van der Waals surface area contributed by atoms with Crippen molar-refractivity contribution in [3.63, 3.8) is 0 Å². The average molecular weight is 344 g/mol. The van der Waals surface area contributed by atoms with Gasteiger partial charge in [-0.3, -0.25) is 4.79 Å². The number of halogens is 1. The summed E-state index contributed by atoms with van der Waals surface area (Å²) in [6, 6.07) is 5.74. The number of methoxy groups -OCH3 is 1. The van der Waals surface area contributed by atoms with E-state index in [2.05, 4.69) is 0 Å². The van der Waals surface area contributed by atoms with Crippen LogP contribution in [0.3, 0.4) is 0 Å². The lowest BCUT2D eigenvalue weighted by Crippen LogP contribution is -2.36. The molecular weight excluding hydrogens is 323 g/mol. The van der Waals surface area contributed by atoms with Crippen molar-refractivity contribution >= 4 is 17.3 Å². The molecular formula is C20H21FO4. The lowest BCUT2D eigenvalue weighted by Gasteiger charge is -2.31. The molecule has 0 spiro atoms. The zero-order valence-corrected chi connectivity index (χ0v) is 14.3. The highest BCUT2D eigenvalue weighted by Gasteiger charge is 2.46. The number of rotatable bonds is 4. The zero-order valence-electron chi connectivity index (χ0n) is 14.3.